The Hall–Kier alpha value is -2.65. The van der Waals surface area contributed by atoms with E-state index >= 15 is 0 Å². The molecular weight excluding hydrogens is 469 g/mol. The monoisotopic (exact) mass is 497 g/mol. The molecule has 1 N–H and O–H groups in total. The minimum absolute atomic E-state index is 0.00444. The van der Waals surface area contributed by atoms with Crippen molar-refractivity contribution in [2.45, 2.75) is 33.4 Å². The zero-order valence-electron chi connectivity index (χ0n) is 19.1. The lowest BCUT2D eigenvalue weighted by atomic mass is 10.1. The highest BCUT2D eigenvalue weighted by Gasteiger charge is 2.30. The summed E-state index contributed by atoms with van der Waals surface area (Å²) in [5.41, 5.74) is 0.619. The Morgan fingerprint density at radius 2 is 1.76 bits per heavy atom. The third-order valence-corrected chi connectivity index (χ3v) is 6.44. The first-order valence-electron chi connectivity index (χ1n) is 10.4. The van der Waals surface area contributed by atoms with Gasteiger partial charge in [0, 0.05) is 18.1 Å². The van der Waals surface area contributed by atoms with Crippen molar-refractivity contribution in [2.24, 2.45) is 5.92 Å². The van der Waals surface area contributed by atoms with E-state index in [2.05, 4.69) is 5.32 Å². The Balaban J connectivity index is 2.38. The van der Waals surface area contributed by atoms with Crippen molar-refractivity contribution in [3.8, 4) is 0 Å². The van der Waals surface area contributed by atoms with Gasteiger partial charge in [0.05, 0.1) is 11.9 Å². The van der Waals surface area contributed by atoms with E-state index in [4.69, 9.17) is 11.6 Å². The number of rotatable bonds is 10. The average Bonchev–Trinajstić information content (AvgIpc) is 2.73. The third kappa shape index (κ3) is 7.71. The van der Waals surface area contributed by atoms with Crippen LogP contribution in [-0.4, -0.2) is 50.5 Å². The number of anilines is 1. The first kappa shape index (κ1) is 26.6. The van der Waals surface area contributed by atoms with E-state index in [1.807, 2.05) is 13.8 Å². The SMILES string of the molecule is CC(C)CNC(=O)[C@@H](C)N(Cc1ccccc1Cl)C(=O)CN(c1cccc(F)c1)S(C)(=O)=O. The molecule has 10 heteroatoms. The van der Waals surface area contributed by atoms with Gasteiger partial charge in [-0.15, -0.1) is 0 Å². The van der Waals surface area contributed by atoms with Gasteiger partial charge in [0.1, 0.15) is 18.4 Å². The fourth-order valence-electron chi connectivity index (χ4n) is 3.09. The van der Waals surface area contributed by atoms with Gasteiger partial charge in [0.2, 0.25) is 21.8 Å². The van der Waals surface area contributed by atoms with Crippen molar-refractivity contribution in [1.29, 1.82) is 0 Å². The number of nitrogens with zero attached hydrogens (tertiary/aromatic N) is 2. The van der Waals surface area contributed by atoms with Crippen LogP contribution >= 0.6 is 11.6 Å². The van der Waals surface area contributed by atoms with E-state index in [0.717, 1.165) is 16.6 Å². The lowest BCUT2D eigenvalue weighted by Crippen LogP contribution is -2.51. The largest absolute Gasteiger partial charge is 0.354 e. The molecule has 2 rings (SSSR count). The highest BCUT2D eigenvalue weighted by atomic mass is 35.5. The zero-order chi connectivity index (χ0) is 24.8. The topological polar surface area (TPSA) is 86.8 Å². The van der Waals surface area contributed by atoms with Gasteiger partial charge >= 0.3 is 0 Å². The lowest BCUT2D eigenvalue weighted by molar-refractivity contribution is -0.139. The van der Waals surface area contributed by atoms with Crippen LogP contribution in [0.25, 0.3) is 0 Å². The molecule has 0 radical (unpaired) electrons. The van der Waals surface area contributed by atoms with Crippen LogP contribution in [-0.2, 0) is 26.2 Å². The summed E-state index contributed by atoms with van der Waals surface area (Å²) in [4.78, 5) is 27.4. The normalized spacial score (nSPS) is 12.3. The molecule has 0 saturated carbocycles. The third-order valence-electron chi connectivity index (χ3n) is 4.93. The summed E-state index contributed by atoms with van der Waals surface area (Å²) < 4.78 is 39.4. The van der Waals surface area contributed by atoms with E-state index in [1.165, 1.54) is 23.1 Å². The Morgan fingerprint density at radius 1 is 1.09 bits per heavy atom. The quantitative estimate of drug-likeness (QED) is 0.544. The van der Waals surface area contributed by atoms with Crippen molar-refractivity contribution in [3.05, 3.63) is 64.9 Å². The van der Waals surface area contributed by atoms with Crippen LogP contribution in [0.3, 0.4) is 0 Å². The second-order valence-corrected chi connectivity index (χ2v) is 10.5. The molecule has 7 nitrogen and oxygen atoms in total. The van der Waals surface area contributed by atoms with Crippen LogP contribution in [0.15, 0.2) is 48.5 Å². The van der Waals surface area contributed by atoms with Gasteiger partial charge in [-0.25, -0.2) is 12.8 Å². The number of halogens is 2. The Bertz CT molecular complexity index is 1090. The first-order chi connectivity index (χ1) is 15.4. The molecule has 0 heterocycles. The maximum atomic E-state index is 13.7. The van der Waals surface area contributed by atoms with Gasteiger partial charge in [-0.1, -0.05) is 49.7 Å². The molecule has 0 bridgehead atoms. The molecule has 1 atom stereocenters. The summed E-state index contributed by atoms with van der Waals surface area (Å²) in [6, 6.07) is 10.9. The van der Waals surface area contributed by atoms with Crippen LogP contribution in [0.4, 0.5) is 10.1 Å². The molecule has 0 saturated heterocycles. The van der Waals surface area contributed by atoms with E-state index in [1.54, 1.807) is 31.2 Å². The summed E-state index contributed by atoms with van der Waals surface area (Å²) in [5.74, 6) is -1.43. The molecule has 0 aliphatic carbocycles. The van der Waals surface area contributed by atoms with Crippen LogP contribution in [0.1, 0.15) is 26.3 Å². The summed E-state index contributed by atoms with van der Waals surface area (Å²) in [6.07, 6.45) is 0.933. The molecule has 0 aliphatic heterocycles. The van der Waals surface area contributed by atoms with Gasteiger partial charge in [-0.2, -0.15) is 0 Å². The van der Waals surface area contributed by atoms with Gasteiger partial charge in [0.25, 0.3) is 0 Å². The van der Waals surface area contributed by atoms with Crippen molar-refractivity contribution in [2.75, 3.05) is 23.7 Å². The molecule has 2 amide bonds. The van der Waals surface area contributed by atoms with Crippen LogP contribution < -0.4 is 9.62 Å². The molecule has 0 aliphatic rings. The Kier molecular flexibility index (Phi) is 9.25. The number of nitrogens with one attached hydrogen (secondary N) is 1. The summed E-state index contributed by atoms with van der Waals surface area (Å²) >= 11 is 6.27. The van der Waals surface area contributed by atoms with Gasteiger partial charge in [0.15, 0.2) is 0 Å². The van der Waals surface area contributed by atoms with E-state index in [9.17, 15) is 22.4 Å². The number of sulfonamides is 1. The lowest BCUT2D eigenvalue weighted by Gasteiger charge is -2.31. The number of carbonyl (C=O) groups is 2. The predicted molar refractivity (Wildman–Crippen MR) is 128 cm³/mol. The number of hydrogen-bond acceptors (Lipinski definition) is 4. The maximum absolute atomic E-state index is 13.7. The Morgan fingerprint density at radius 3 is 2.33 bits per heavy atom. The fraction of sp³-hybridized carbons (Fsp3) is 0.391. The zero-order valence-corrected chi connectivity index (χ0v) is 20.7. The predicted octanol–water partition coefficient (Wildman–Crippen LogP) is 3.43. The molecule has 2 aromatic rings. The molecular formula is C23H29ClFN3O4S. The highest BCUT2D eigenvalue weighted by Crippen LogP contribution is 2.22. The van der Waals surface area contributed by atoms with Crippen molar-refractivity contribution in [1.82, 2.24) is 10.2 Å². The molecule has 180 valence electrons. The minimum atomic E-state index is -3.92. The smallest absolute Gasteiger partial charge is 0.244 e. The van der Waals surface area contributed by atoms with Gasteiger partial charge in [-0.05, 0) is 42.7 Å². The molecule has 0 fully saturated rings. The second-order valence-electron chi connectivity index (χ2n) is 8.18. The Labute approximate surface area is 199 Å². The van der Waals surface area contributed by atoms with Crippen molar-refractivity contribution >= 4 is 39.1 Å². The summed E-state index contributed by atoms with van der Waals surface area (Å²) in [5, 5.41) is 3.21. The molecule has 0 spiro atoms. The summed E-state index contributed by atoms with van der Waals surface area (Å²) in [6.45, 7) is 5.28. The first-order valence-corrected chi connectivity index (χ1v) is 12.7. The minimum Gasteiger partial charge on any atom is -0.354 e. The fourth-order valence-corrected chi connectivity index (χ4v) is 4.13. The maximum Gasteiger partial charge on any atom is 0.244 e. The van der Waals surface area contributed by atoms with Crippen molar-refractivity contribution < 1.29 is 22.4 Å². The van der Waals surface area contributed by atoms with E-state index in [0.29, 0.717) is 17.1 Å². The standard InChI is InChI=1S/C23H29ClFN3O4S/c1-16(2)13-26-23(30)17(3)27(14-18-8-5-6-11-21(18)24)22(29)15-28(33(4,31)32)20-10-7-9-19(25)12-20/h5-12,16-17H,13-15H2,1-4H3,(H,26,30)/t17-/m1/s1. The highest BCUT2D eigenvalue weighted by molar-refractivity contribution is 7.92. The van der Waals surface area contributed by atoms with Crippen LogP contribution in [0, 0.1) is 11.7 Å². The number of benzene rings is 2. The molecule has 33 heavy (non-hydrogen) atoms. The number of carbonyl (C=O) groups excluding carboxylic acids is 2. The number of amides is 2. The van der Waals surface area contributed by atoms with E-state index < -0.39 is 34.3 Å². The number of hydrogen-bond donors (Lipinski definition) is 1. The van der Waals surface area contributed by atoms with Crippen molar-refractivity contribution in [3.63, 3.8) is 0 Å². The van der Waals surface area contributed by atoms with Gasteiger partial charge in [-0.3, -0.25) is 13.9 Å². The average molecular weight is 498 g/mol. The van der Waals surface area contributed by atoms with Crippen LogP contribution in [0.2, 0.25) is 5.02 Å². The van der Waals surface area contributed by atoms with Crippen LogP contribution in [0.5, 0.6) is 0 Å². The molecule has 2 aromatic carbocycles. The molecule has 0 unspecified atom stereocenters. The second kappa shape index (κ2) is 11.5. The summed E-state index contributed by atoms with van der Waals surface area (Å²) in [7, 11) is -3.92. The van der Waals surface area contributed by atoms with E-state index in [-0.39, 0.29) is 24.1 Å². The molecule has 0 aromatic heterocycles. The van der Waals surface area contributed by atoms with Gasteiger partial charge < -0.3 is 10.2 Å².